The summed E-state index contributed by atoms with van der Waals surface area (Å²) >= 11 is 0. The molecule has 0 aliphatic heterocycles. The van der Waals surface area contributed by atoms with Gasteiger partial charge >= 0.3 is 12.1 Å². The average Bonchev–Trinajstić information content (AvgIpc) is 3.52. The van der Waals surface area contributed by atoms with Gasteiger partial charge in [0.25, 0.3) is 0 Å². The molecule has 0 aliphatic rings. The number of H-pyrrole nitrogens is 1. The minimum absolute atomic E-state index is 0.113. The fourth-order valence-electron chi connectivity index (χ4n) is 3.93. The number of aromatic nitrogens is 3. The molecule has 3 aromatic carbocycles. The largest absolute Gasteiger partial charge is 0.475 e. The maximum atomic E-state index is 12.6. The van der Waals surface area contributed by atoms with E-state index in [0.29, 0.717) is 22.8 Å². The van der Waals surface area contributed by atoms with Crippen LogP contribution in [0, 0.1) is 6.92 Å². The molecule has 0 saturated carbocycles. The molecule has 1 amide bonds. The van der Waals surface area contributed by atoms with Crippen molar-refractivity contribution in [3.05, 3.63) is 90.0 Å². The maximum Gasteiger partial charge on any atom is 0.412 e. The van der Waals surface area contributed by atoms with Gasteiger partial charge in [-0.2, -0.15) is 0 Å². The average molecular weight is 482 g/mol. The molecule has 5 aromatic rings. The van der Waals surface area contributed by atoms with E-state index in [2.05, 4.69) is 20.4 Å². The van der Waals surface area contributed by atoms with E-state index < -0.39 is 18.2 Å². The van der Waals surface area contributed by atoms with Crippen LogP contribution in [0.2, 0.25) is 0 Å². The van der Waals surface area contributed by atoms with E-state index in [1.807, 2.05) is 66.7 Å². The van der Waals surface area contributed by atoms with Crippen molar-refractivity contribution in [3.8, 4) is 22.6 Å². The molecule has 180 valence electrons. The van der Waals surface area contributed by atoms with Gasteiger partial charge in [-0.15, -0.1) is 0 Å². The summed E-state index contributed by atoms with van der Waals surface area (Å²) < 4.78 is 11.1. The second kappa shape index (κ2) is 9.38. The van der Waals surface area contributed by atoms with E-state index in [1.165, 1.54) is 6.20 Å². The Balaban J connectivity index is 1.38. The van der Waals surface area contributed by atoms with Gasteiger partial charge in [-0.25, -0.2) is 14.6 Å². The van der Waals surface area contributed by atoms with Gasteiger partial charge in [0.05, 0.1) is 11.9 Å². The summed E-state index contributed by atoms with van der Waals surface area (Å²) in [6.45, 7) is 3.55. The number of anilines is 1. The van der Waals surface area contributed by atoms with Crippen LogP contribution in [0.3, 0.4) is 0 Å². The number of hydrogen-bond acceptors (Lipinski definition) is 6. The molecular weight excluding hydrogens is 460 g/mol. The third kappa shape index (κ3) is 4.54. The van der Waals surface area contributed by atoms with Crippen molar-refractivity contribution in [1.29, 1.82) is 0 Å². The molecule has 0 spiro atoms. The first-order chi connectivity index (χ1) is 17.4. The van der Waals surface area contributed by atoms with Gasteiger partial charge < -0.3 is 19.4 Å². The van der Waals surface area contributed by atoms with E-state index in [-0.39, 0.29) is 5.82 Å². The fraction of sp³-hybridized carbons (Fsp3) is 0.111. The third-order valence-corrected chi connectivity index (χ3v) is 5.83. The van der Waals surface area contributed by atoms with Crippen molar-refractivity contribution in [2.45, 2.75) is 20.0 Å². The second-order valence-corrected chi connectivity index (χ2v) is 8.28. The number of amides is 1. The number of nitrogens with zero attached hydrogens (tertiary/aromatic N) is 2. The normalized spacial score (nSPS) is 11.8. The van der Waals surface area contributed by atoms with E-state index >= 15 is 0 Å². The second-order valence-electron chi connectivity index (χ2n) is 8.28. The van der Waals surface area contributed by atoms with E-state index in [0.717, 1.165) is 27.5 Å². The summed E-state index contributed by atoms with van der Waals surface area (Å²) in [5.74, 6) is -0.808. The number of carboxylic acids is 1. The number of nitrogens with one attached hydrogen (secondary N) is 2. The van der Waals surface area contributed by atoms with E-state index in [4.69, 9.17) is 14.4 Å². The molecule has 1 unspecified atom stereocenters. The first-order valence-corrected chi connectivity index (χ1v) is 11.2. The van der Waals surface area contributed by atoms with Crippen LogP contribution in [0.15, 0.2) is 77.4 Å². The van der Waals surface area contributed by atoms with Crippen LogP contribution in [0.5, 0.6) is 0 Å². The molecule has 0 aliphatic carbocycles. The quantitative estimate of drug-likeness (QED) is 0.263. The number of rotatable bonds is 6. The zero-order chi connectivity index (χ0) is 25.2. The predicted octanol–water partition coefficient (Wildman–Crippen LogP) is 6.20. The zero-order valence-electron chi connectivity index (χ0n) is 19.5. The number of carboxylic acid groups (broad SMARTS) is 1. The monoisotopic (exact) mass is 482 g/mol. The minimum Gasteiger partial charge on any atom is -0.475 e. The lowest BCUT2D eigenvalue weighted by Gasteiger charge is -2.14. The lowest BCUT2D eigenvalue weighted by atomic mass is 10.0. The molecule has 2 aromatic heterocycles. The highest BCUT2D eigenvalue weighted by Crippen LogP contribution is 2.34. The van der Waals surface area contributed by atoms with Gasteiger partial charge in [0, 0.05) is 11.1 Å². The highest BCUT2D eigenvalue weighted by Gasteiger charge is 2.20. The van der Waals surface area contributed by atoms with Gasteiger partial charge in [-0.1, -0.05) is 59.8 Å². The SMILES string of the molecule is Cc1noc(-c2ccc3cc(-c4cnc(C(=O)O)[nH]4)ccc3c2)c1NC(=O)OC(C)c1ccccc1. The number of hydrogen-bond donors (Lipinski definition) is 3. The van der Waals surface area contributed by atoms with Crippen LogP contribution in [0.4, 0.5) is 10.5 Å². The molecule has 0 saturated heterocycles. The van der Waals surface area contributed by atoms with Crippen LogP contribution in [0.1, 0.15) is 34.9 Å². The Labute approximate surface area is 205 Å². The van der Waals surface area contributed by atoms with Crippen molar-refractivity contribution in [2.75, 3.05) is 5.32 Å². The topological polar surface area (TPSA) is 130 Å². The van der Waals surface area contributed by atoms with Gasteiger partial charge in [0.15, 0.2) is 5.76 Å². The van der Waals surface area contributed by atoms with Crippen molar-refractivity contribution < 1.29 is 24.0 Å². The van der Waals surface area contributed by atoms with E-state index in [9.17, 15) is 9.59 Å². The molecule has 2 heterocycles. The van der Waals surface area contributed by atoms with Crippen LogP contribution in [-0.2, 0) is 4.74 Å². The molecule has 3 N–H and O–H groups in total. The Morgan fingerprint density at radius 3 is 2.42 bits per heavy atom. The van der Waals surface area contributed by atoms with Gasteiger partial charge in [0.2, 0.25) is 5.82 Å². The molecule has 9 nitrogen and oxygen atoms in total. The summed E-state index contributed by atoms with van der Waals surface area (Å²) in [5.41, 5.74) is 4.01. The number of aromatic amines is 1. The number of aromatic carboxylic acids is 1. The minimum atomic E-state index is -1.11. The number of carbonyl (C=O) groups excluding carboxylic acids is 1. The highest BCUT2D eigenvalue weighted by atomic mass is 16.6. The predicted molar refractivity (Wildman–Crippen MR) is 134 cm³/mol. The third-order valence-electron chi connectivity index (χ3n) is 5.83. The van der Waals surface area contributed by atoms with Gasteiger partial charge in [-0.05, 0) is 42.3 Å². The van der Waals surface area contributed by atoms with Crippen LogP contribution in [0.25, 0.3) is 33.4 Å². The Kier molecular flexibility index (Phi) is 5.95. The molecule has 36 heavy (non-hydrogen) atoms. The Hall–Kier alpha value is -4.92. The summed E-state index contributed by atoms with van der Waals surface area (Å²) in [6.07, 6.45) is 0.460. The molecule has 1 atom stereocenters. The number of carbonyl (C=O) groups is 2. The van der Waals surface area contributed by atoms with Crippen molar-refractivity contribution >= 4 is 28.5 Å². The lowest BCUT2D eigenvalue weighted by molar-refractivity contribution is 0.0684. The maximum absolute atomic E-state index is 12.6. The smallest absolute Gasteiger partial charge is 0.412 e. The molecule has 0 radical (unpaired) electrons. The molecule has 5 rings (SSSR count). The lowest BCUT2D eigenvalue weighted by Crippen LogP contribution is -2.16. The number of ether oxygens (including phenoxy) is 1. The first kappa shape index (κ1) is 22.9. The van der Waals surface area contributed by atoms with Crippen molar-refractivity contribution in [1.82, 2.24) is 15.1 Å². The Morgan fingerprint density at radius 2 is 1.72 bits per heavy atom. The molecule has 9 heteroatoms. The molecular formula is C27H22N4O5. The van der Waals surface area contributed by atoms with Crippen molar-refractivity contribution in [3.63, 3.8) is 0 Å². The van der Waals surface area contributed by atoms with Crippen molar-refractivity contribution in [2.24, 2.45) is 0 Å². The first-order valence-electron chi connectivity index (χ1n) is 11.2. The Bertz CT molecular complexity index is 1570. The number of aryl methyl sites for hydroxylation is 1. The number of imidazole rings is 1. The van der Waals surface area contributed by atoms with Gasteiger partial charge in [0.1, 0.15) is 17.5 Å². The fourth-order valence-corrected chi connectivity index (χ4v) is 3.93. The van der Waals surface area contributed by atoms with Crippen LogP contribution < -0.4 is 5.32 Å². The molecule has 0 fully saturated rings. The summed E-state index contributed by atoms with van der Waals surface area (Å²) in [4.78, 5) is 30.4. The highest BCUT2D eigenvalue weighted by molar-refractivity contribution is 5.94. The number of fused-ring (bicyclic) bond motifs is 1. The van der Waals surface area contributed by atoms with Crippen LogP contribution >= 0.6 is 0 Å². The Morgan fingerprint density at radius 1 is 1.03 bits per heavy atom. The summed E-state index contributed by atoms with van der Waals surface area (Å²) in [5, 5.41) is 17.7. The standard InChI is InChI=1S/C27H22N4O5/c1-15-23(30-27(34)35-16(2)17-6-4-3-5-7-17)24(36-31-15)21-11-9-18-12-20(10-8-19(18)13-21)22-14-28-25(29-22)26(32)33/h3-14,16H,1-2H3,(H,28,29)(H,30,34)(H,32,33). The summed E-state index contributed by atoms with van der Waals surface area (Å²) in [6, 6.07) is 20.9. The zero-order valence-corrected chi connectivity index (χ0v) is 19.5. The van der Waals surface area contributed by atoms with Gasteiger partial charge in [-0.3, -0.25) is 5.32 Å². The summed E-state index contributed by atoms with van der Waals surface area (Å²) in [7, 11) is 0. The molecule has 0 bridgehead atoms. The number of benzene rings is 3. The van der Waals surface area contributed by atoms with Crippen LogP contribution in [-0.4, -0.2) is 32.3 Å². The van der Waals surface area contributed by atoms with E-state index in [1.54, 1.807) is 13.8 Å².